The zero-order valence-electron chi connectivity index (χ0n) is 13.6. The van der Waals surface area contributed by atoms with Crippen molar-refractivity contribution >= 4 is 56.0 Å². The third-order valence-electron chi connectivity index (χ3n) is 4.01. The second-order valence-corrected chi connectivity index (χ2v) is 8.54. The molecule has 0 aliphatic rings. The molecule has 4 rings (SSSR count). The molecule has 3 heterocycles. The molecule has 0 aliphatic heterocycles. The molecule has 2 nitrogen and oxygen atoms in total. The van der Waals surface area contributed by atoms with Crippen LogP contribution in [0.25, 0.3) is 31.4 Å². The molecule has 0 N–H and O–H groups in total. The average molecular weight is 445 g/mol. The summed E-state index contributed by atoms with van der Waals surface area (Å²) < 4.78 is 39.4. The molecule has 27 heavy (non-hydrogen) atoms. The molecule has 4 aromatic rings. The third-order valence-corrected chi connectivity index (χ3v) is 6.67. The van der Waals surface area contributed by atoms with Gasteiger partial charge >= 0.3 is 6.18 Å². The van der Waals surface area contributed by atoms with Crippen molar-refractivity contribution in [1.82, 2.24) is 9.97 Å². The molecule has 1 aromatic carbocycles. The van der Waals surface area contributed by atoms with E-state index in [1.165, 1.54) is 11.3 Å². The van der Waals surface area contributed by atoms with Crippen LogP contribution < -0.4 is 0 Å². The minimum Gasteiger partial charge on any atom is -0.252 e. The van der Waals surface area contributed by atoms with Crippen LogP contribution in [0.5, 0.6) is 0 Å². The SMILES string of the molecule is Cc1c(-c2csc(-c3ncc(C(F)(F)F)cc3Cl)n2)sc2ccc(Cl)cc12. The first-order chi connectivity index (χ1) is 12.7. The van der Waals surface area contributed by atoms with Gasteiger partial charge in [-0.15, -0.1) is 22.7 Å². The van der Waals surface area contributed by atoms with Crippen molar-refractivity contribution in [2.24, 2.45) is 0 Å². The molecule has 0 saturated carbocycles. The number of thiophene rings is 1. The Morgan fingerprint density at radius 2 is 1.89 bits per heavy atom. The summed E-state index contributed by atoms with van der Waals surface area (Å²) in [5.74, 6) is 0. The van der Waals surface area contributed by atoms with Crippen LogP contribution in [0.2, 0.25) is 10.0 Å². The third kappa shape index (κ3) is 3.45. The number of hydrogen-bond donors (Lipinski definition) is 0. The molecule has 138 valence electrons. The number of aryl methyl sites for hydroxylation is 1. The molecule has 0 aliphatic carbocycles. The Labute approximate surface area is 170 Å². The van der Waals surface area contributed by atoms with Gasteiger partial charge in [0.05, 0.1) is 21.2 Å². The summed E-state index contributed by atoms with van der Waals surface area (Å²) in [6, 6.07) is 6.58. The van der Waals surface area contributed by atoms with Crippen molar-refractivity contribution in [3.8, 4) is 21.3 Å². The first kappa shape index (κ1) is 18.7. The summed E-state index contributed by atoms with van der Waals surface area (Å²) in [6.45, 7) is 1.99. The summed E-state index contributed by atoms with van der Waals surface area (Å²) >= 11 is 15.0. The van der Waals surface area contributed by atoms with Crippen molar-refractivity contribution in [3.05, 3.63) is 57.0 Å². The van der Waals surface area contributed by atoms with Gasteiger partial charge in [-0.1, -0.05) is 23.2 Å². The number of nitrogens with zero attached hydrogens (tertiary/aromatic N) is 2. The lowest BCUT2D eigenvalue weighted by Crippen LogP contribution is -2.05. The summed E-state index contributed by atoms with van der Waals surface area (Å²) in [5.41, 5.74) is 1.15. The molecular formula is C18H9Cl2F3N2S2. The Balaban J connectivity index is 1.75. The highest BCUT2D eigenvalue weighted by atomic mass is 35.5. The fourth-order valence-electron chi connectivity index (χ4n) is 2.67. The van der Waals surface area contributed by atoms with Gasteiger partial charge in [0.1, 0.15) is 10.7 Å². The minimum atomic E-state index is -4.49. The summed E-state index contributed by atoms with van der Waals surface area (Å²) in [4.78, 5) is 9.41. The van der Waals surface area contributed by atoms with Crippen molar-refractivity contribution in [2.75, 3.05) is 0 Å². The maximum atomic E-state index is 12.8. The van der Waals surface area contributed by atoms with E-state index >= 15 is 0 Å². The van der Waals surface area contributed by atoms with Crippen LogP contribution in [0, 0.1) is 6.92 Å². The number of alkyl halides is 3. The van der Waals surface area contributed by atoms with Crippen LogP contribution in [0.15, 0.2) is 35.8 Å². The van der Waals surface area contributed by atoms with Crippen LogP contribution in [0.4, 0.5) is 13.2 Å². The zero-order valence-corrected chi connectivity index (χ0v) is 16.7. The predicted molar refractivity (Wildman–Crippen MR) is 106 cm³/mol. The molecule has 0 fully saturated rings. The highest BCUT2D eigenvalue weighted by molar-refractivity contribution is 7.22. The largest absolute Gasteiger partial charge is 0.417 e. The second-order valence-electron chi connectivity index (χ2n) is 5.79. The van der Waals surface area contributed by atoms with Crippen LogP contribution in [0.1, 0.15) is 11.1 Å². The van der Waals surface area contributed by atoms with E-state index in [1.54, 1.807) is 11.3 Å². The molecule has 0 spiro atoms. The van der Waals surface area contributed by atoms with E-state index in [1.807, 2.05) is 30.5 Å². The smallest absolute Gasteiger partial charge is 0.252 e. The minimum absolute atomic E-state index is 0.0782. The summed E-state index contributed by atoms with van der Waals surface area (Å²) in [5, 5.41) is 3.96. The van der Waals surface area contributed by atoms with Crippen molar-refractivity contribution in [2.45, 2.75) is 13.1 Å². The Bertz CT molecular complexity index is 1170. The van der Waals surface area contributed by atoms with E-state index in [4.69, 9.17) is 23.2 Å². The maximum absolute atomic E-state index is 12.8. The van der Waals surface area contributed by atoms with Gasteiger partial charge in [-0.05, 0) is 42.1 Å². The van der Waals surface area contributed by atoms with Crippen LogP contribution in [-0.2, 0) is 6.18 Å². The molecule has 0 unspecified atom stereocenters. The lowest BCUT2D eigenvalue weighted by atomic mass is 10.1. The second kappa shape index (κ2) is 6.74. The lowest BCUT2D eigenvalue weighted by Gasteiger charge is -2.07. The van der Waals surface area contributed by atoms with Crippen LogP contribution in [0.3, 0.4) is 0 Å². The Morgan fingerprint density at radius 3 is 2.59 bits per heavy atom. The molecule has 3 aromatic heterocycles. The van der Waals surface area contributed by atoms with Gasteiger partial charge in [0.15, 0.2) is 0 Å². The Morgan fingerprint density at radius 1 is 1.11 bits per heavy atom. The lowest BCUT2D eigenvalue weighted by molar-refractivity contribution is -0.137. The Hall–Kier alpha value is -1.67. The number of fused-ring (bicyclic) bond motifs is 1. The van der Waals surface area contributed by atoms with Crippen LogP contribution >= 0.6 is 45.9 Å². The van der Waals surface area contributed by atoms with Gasteiger partial charge in [-0.3, -0.25) is 4.98 Å². The summed E-state index contributed by atoms with van der Waals surface area (Å²) in [7, 11) is 0. The molecule has 0 amide bonds. The van der Waals surface area contributed by atoms with E-state index < -0.39 is 11.7 Å². The first-order valence-corrected chi connectivity index (χ1v) is 10.1. The number of aromatic nitrogens is 2. The van der Waals surface area contributed by atoms with Gasteiger partial charge in [0.2, 0.25) is 0 Å². The first-order valence-electron chi connectivity index (χ1n) is 7.61. The van der Waals surface area contributed by atoms with Gasteiger partial charge in [0.25, 0.3) is 0 Å². The van der Waals surface area contributed by atoms with E-state index in [0.29, 0.717) is 10.0 Å². The molecule has 0 bridgehead atoms. The Kier molecular flexibility index (Phi) is 4.66. The molecule has 0 saturated heterocycles. The van der Waals surface area contributed by atoms with Gasteiger partial charge in [0, 0.05) is 21.3 Å². The summed E-state index contributed by atoms with van der Waals surface area (Å²) in [6.07, 6.45) is -3.71. The highest BCUT2D eigenvalue weighted by Crippen LogP contribution is 2.41. The van der Waals surface area contributed by atoms with Gasteiger partial charge in [-0.2, -0.15) is 13.2 Å². The van der Waals surface area contributed by atoms with E-state index in [9.17, 15) is 13.2 Å². The van der Waals surface area contributed by atoms with E-state index in [0.717, 1.165) is 38.5 Å². The molecule has 0 atom stereocenters. The standard InChI is InChI=1S/C18H9Cl2F3N2S2/c1-8-11-5-10(19)2-3-14(11)27-16(8)13-7-26-17(25-13)15-12(20)4-9(6-24-15)18(21,22)23/h2-7H,1H3. The number of thiazole rings is 1. The van der Waals surface area contributed by atoms with E-state index in [2.05, 4.69) is 9.97 Å². The molecular weight excluding hydrogens is 436 g/mol. The topological polar surface area (TPSA) is 25.8 Å². The van der Waals surface area contributed by atoms with E-state index in [-0.39, 0.29) is 10.7 Å². The van der Waals surface area contributed by atoms with Crippen molar-refractivity contribution in [3.63, 3.8) is 0 Å². The zero-order chi connectivity index (χ0) is 19.3. The number of benzene rings is 1. The normalized spacial score (nSPS) is 12.1. The number of pyridine rings is 1. The van der Waals surface area contributed by atoms with Crippen molar-refractivity contribution in [1.29, 1.82) is 0 Å². The maximum Gasteiger partial charge on any atom is 0.417 e. The molecule has 0 radical (unpaired) electrons. The highest BCUT2D eigenvalue weighted by Gasteiger charge is 2.32. The van der Waals surface area contributed by atoms with Gasteiger partial charge < -0.3 is 0 Å². The number of rotatable bonds is 2. The fourth-order valence-corrected chi connectivity index (χ4v) is 5.20. The van der Waals surface area contributed by atoms with Gasteiger partial charge in [-0.25, -0.2) is 4.98 Å². The average Bonchev–Trinajstić information content (AvgIpc) is 3.19. The van der Waals surface area contributed by atoms with Crippen molar-refractivity contribution < 1.29 is 13.2 Å². The number of hydrogen-bond acceptors (Lipinski definition) is 4. The van der Waals surface area contributed by atoms with Crippen LogP contribution in [-0.4, -0.2) is 9.97 Å². The molecule has 9 heteroatoms. The quantitative estimate of drug-likeness (QED) is 0.316. The predicted octanol–water partition coefficient (Wildman–Crippen LogP) is 7.72. The fraction of sp³-hybridized carbons (Fsp3) is 0.111. The number of halogens is 5. The monoisotopic (exact) mass is 444 g/mol.